The molecule has 0 bridgehead atoms. The van der Waals surface area contributed by atoms with Gasteiger partial charge in [0.2, 0.25) is 0 Å². The quantitative estimate of drug-likeness (QED) is 0.587. The van der Waals surface area contributed by atoms with Gasteiger partial charge in [-0.1, -0.05) is 30.3 Å². The summed E-state index contributed by atoms with van der Waals surface area (Å²) in [5, 5.41) is 10.9. The van der Waals surface area contributed by atoms with E-state index in [9.17, 15) is 14.9 Å². The van der Waals surface area contributed by atoms with Crippen LogP contribution in [0.5, 0.6) is 5.75 Å². The van der Waals surface area contributed by atoms with Gasteiger partial charge in [-0.15, -0.1) is 0 Å². The zero-order valence-electron chi connectivity index (χ0n) is 14.4. The van der Waals surface area contributed by atoms with Gasteiger partial charge in [0.15, 0.2) is 6.61 Å². The van der Waals surface area contributed by atoms with Gasteiger partial charge in [-0.25, -0.2) is 0 Å². The van der Waals surface area contributed by atoms with Crippen molar-refractivity contribution >= 4 is 11.6 Å². The molecule has 0 aromatic heterocycles. The van der Waals surface area contributed by atoms with Crippen molar-refractivity contribution in [2.45, 2.75) is 6.54 Å². The number of nitrogens with zero attached hydrogens (tertiary/aromatic N) is 3. The van der Waals surface area contributed by atoms with Crippen molar-refractivity contribution in [2.24, 2.45) is 0 Å². The highest BCUT2D eigenvalue weighted by Gasteiger charge is 2.21. The third-order valence-corrected chi connectivity index (χ3v) is 4.36. The molecule has 0 atom stereocenters. The smallest absolute Gasteiger partial charge is 0.269 e. The molecule has 0 spiro atoms. The molecule has 0 aliphatic carbocycles. The Morgan fingerprint density at radius 3 is 2.46 bits per heavy atom. The van der Waals surface area contributed by atoms with E-state index < -0.39 is 0 Å². The second kappa shape index (κ2) is 8.44. The third-order valence-electron chi connectivity index (χ3n) is 4.36. The Morgan fingerprint density at radius 1 is 1.04 bits per heavy atom. The van der Waals surface area contributed by atoms with Crippen molar-refractivity contribution in [1.29, 1.82) is 0 Å². The van der Waals surface area contributed by atoms with Gasteiger partial charge in [-0.05, 0) is 17.7 Å². The van der Waals surface area contributed by atoms with Crippen molar-refractivity contribution in [3.63, 3.8) is 0 Å². The third kappa shape index (κ3) is 4.80. The van der Waals surface area contributed by atoms with Gasteiger partial charge in [0.05, 0.1) is 4.92 Å². The number of para-hydroxylation sites is 1. The van der Waals surface area contributed by atoms with E-state index in [1.54, 1.807) is 17.0 Å². The number of carbonyl (C=O) groups is 1. The molecule has 2 aromatic carbocycles. The number of hydrogen-bond donors (Lipinski definition) is 0. The van der Waals surface area contributed by atoms with E-state index in [4.69, 9.17) is 4.74 Å². The van der Waals surface area contributed by atoms with Gasteiger partial charge in [0.1, 0.15) is 5.75 Å². The summed E-state index contributed by atoms with van der Waals surface area (Å²) in [5.41, 5.74) is 1.01. The van der Waals surface area contributed by atoms with Crippen molar-refractivity contribution in [3.8, 4) is 5.75 Å². The molecule has 1 heterocycles. The number of amides is 1. The average Bonchev–Trinajstić information content (AvgIpc) is 2.68. The summed E-state index contributed by atoms with van der Waals surface area (Å²) in [5.74, 6) is 0.661. The second-order valence-electron chi connectivity index (χ2n) is 6.19. The van der Waals surface area contributed by atoms with Crippen LogP contribution in [0, 0.1) is 10.1 Å². The number of non-ortho nitro benzene ring substituents is 1. The van der Waals surface area contributed by atoms with Crippen LogP contribution >= 0.6 is 0 Å². The lowest BCUT2D eigenvalue weighted by atomic mass is 10.1. The molecule has 1 amide bonds. The Hall–Kier alpha value is -2.93. The van der Waals surface area contributed by atoms with Crippen LogP contribution in [-0.2, 0) is 11.3 Å². The van der Waals surface area contributed by atoms with E-state index in [1.165, 1.54) is 6.07 Å². The first-order chi connectivity index (χ1) is 12.6. The summed E-state index contributed by atoms with van der Waals surface area (Å²) < 4.78 is 5.51. The molecule has 1 saturated heterocycles. The fourth-order valence-corrected chi connectivity index (χ4v) is 2.94. The summed E-state index contributed by atoms with van der Waals surface area (Å²) in [6.45, 7) is 3.41. The lowest BCUT2D eigenvalue weighted by Gasteiger charge is -2.34. The number of nitro benzene ring substituents is 1. The minimum atomic E-state index is -0.382. The topological polar surface area (TPSA) is 75.9 Å². The summed E-state index contributed by atoms with van der Waals surface area (Å²) in [7, 11) is 0. The molecule has 7 heteroatoms. The SMILES string of the molecule is O=C(COc1ccccc1)N1CCN(Cc2cccc([N+](=O)[O-])c2)CC1. The van der Waals surface area contributed by atoms with Crippen LogP contribution in [-0.4, -0.2) is 53.4 Å². The second-order valence-corrected chi connectivity index (χ2v) is 6.19. The summed E-state index contributed by atoms with van der Waals surface area (Å²) in [6.07, 6.45) is 0. The standard InChI is InChI=1S/C19H21N3O4/c23-19(15-26-18-7-2-1-3-8-18)21-11-9-20(10-12-21)14-16-5-4-6-17(13-16)22(24)25/h1-8,13H,9-12,14-15H2. The first-order valence-corrected chi connectivity index (χ1v) is 8.53. The van der Waals surface area contributed by atoms with Crippen LogP contribution in [0.25, 0.3) is 0 Å². The molecular formula is C19H21N3O4. The van der Waals surface area contributed by atoms with Crippen LogP contribution in [0.2, 0.25) is 0 Å². The first kappa shape index (κ1) is 17.9. The zero-order valence-corrected chi connectivity index (χ0v) is 14.4. The number of hydrogen-bond acceptors (Lipinski definition) is 5. The molecule has 0 radical (unpaired) electrons. The van der Waals surface area contributed by atoms with Gasteiger partial charge in [-0.3, -0.25) is 19.8 Å². The Balaban J connectivity index is 1.46. The van der Waals surface area contributed by atoms with Crippen molar-refractivity contribution in [3.05, 3.63) is 70.3 Å². The first-order valence-electron chi connectivity index (χ1n) is 8.53. The van der Waals surface area contributed by atoms with Crippen LogP contribution in [0.4, 0.5) is 5.69 Å². The highest BCUT2D eigenvalue weighted by Crippen LogP contribution is 2.16. The maximum absolute atomic E-state index is 12.3. The largest absolute Gasteiger partial charge is 0.484 e. The van der Waals surface area contributed by atoms with Crippen molar-refractivity contribution in [1.82, 2.24) is 9.80 Å². The van der Waals surface area contributed by atoms with Gasteiger partial charge >= 0.3 is 0 Å². The average molecular weight is 355 g/mol. The number of benzene rings is 2. The molecule has 0 unspecified atom stereocenters. The Kier molecular flexibility index (Phi) is 5.80. The zero-order chi connectivity index (χ0) is 18.4. The molecule has 1 aliphatic heterocycles. The molecule has 1 aliphatic rings. The maximum Gasteiger partial charge on any atom is 0.269 e. The van der Waals surface area contributed by atoms with Crippen molar-refractivity contribution < 1.29 is 14.5 Å². The van der Waals surface area contributed by atoms with Gasteiger partial charge in [-0.2, -0.15) is 0 Å². The fraction of sp³-hybridized carbons (Fsp3) is 0.316. The van der Waals surface area contributed by atoms with E-state index in [2.05, 4.69) is 4.90 Å². The summed E-state index contributed by atoms with van der Waals surface area (Å²) in [6, 6.07) is 16.0. The Bertz CT molecular complexity index is 758. The fourth-order valence-electron chi connectivity index (χ4n) is 2.94. The molecule has 136 valence electrons. The number of piperazine rings is 1. The van der Waals surface area contributed by atoms with Gasteiger partial charge in [0, 0.05) is 44.9 Å². The Morgan fingerprint density at radius 2 is 1.77 bits per heavy atom. The lowest BCUT2D eigenvalue weighted by molar-refractivity contribution is -0.384. The maximum atomic E-state index is 12.3. The van der Waals surface area contributed by atoms with E-state index in [1.807, 2.05) is 36.4 Å². The Labute approximate surface area is 151 Å². The molecule has 3 rings (SSSR count). The molecule has 26 heavy (non-hydrogen) atoms. The van der Waals surface area contributed by atoms with Crippen LogP contribution in [0.1, 0.15) is 5.56 Å². The normalized spacial score (nSPS) is 14.8. The number of carbonyl (C=O) groups excluding carboxylic acids is 1. The summed E-state index contributed by atoms with van der Waals surface area (Å²) >= 11 is 0. The predicted octanol–water partition coefficient (Wildman–Crippen LogP) is 2.32. The molecule has 1 fully saturated rings. The minimum absolute atomic E-state index is 0.0242. The van der Waals surface area contributed by atoms with Crippen LogP contribution in [0.3, 0.4) is 0 Å². The monoisotopic (exact) mass is 355 g/mol. The predicted molar refractivity (Wildman–Crippen MR) is 96.9 cm³/mol. The van der Waals surface area contributed by atoms with Gasteiger partial charge in [0.25, 0.3) is 11.6 Å². The molecule has 7 nitrogen and oxygen atoms in total. The lowest BCUT2D eigenvalue weighted by Crippen LogP contribution is -2.49. The number of rotatable bonds is 6. The summed E-state index contributed by atoms with van der Waals surface area (Å²) in [4.78, 5) is 26.7. The van der Waals surface area contributed by atoms with E-state index in [0.29, 0.717) is 25.4 Å². The minimum Gasteiger partial charge on any atom is -0.484 e. The molecule has 0 saturated carbocycles. The van der Waals surface area contributed by atoms with E-state index in [0.717, 1.165) is 18.7 Å². The molecule has 2 aromatic rings. The highest BCUT2D eigenvalue weighted by molar-refractivity contribution is 5.77. The number of ether oxygens (including phenoxy) is 1. The van der Waals surface area contributed by atoms with Crippen LogP contribution < -0.4 is 4.74 Å². The van der Waals surface area contributed by atoms with E-state index in [-0.39, 0.29) is 23.1 Å². The van der Waals surface area contributed by atoms with E-state index >= 15 is 0 Å². The van der Waals surface area contributed by atoms with Crippen LogP contribution in [0.15, 0.2) is 54.6 Å². The number of nitro groups is 1. The highest BCUT2D eigenvalue weighted by atomic mass is 16.6. The van der Waals surface area contributed by atoms with Crippen molar-refractivity contribution in [2.75, 3.05) is 32.8 Å². The molecular weight excluding hydrogens is 334 g/mol. The van der Waals surface area contributed by atoms with Gasteiger partial charge < -0.3 is 9.64 Å². The molecule has 0 N–H and O–H groups in total.